The topological polar surface area (TPSA) is 26.1 Å². The molecule has 128 heavy (non-hydrogen) atoms. The molecule has 0 saturated heterocycles. The number of para-hydroxylation sites is 9. The van der Waals surface area contributed by atoms with Crippen LogP contribution in [-0.2, 0) is 10.8 Å². The zero-order valence-electron chi connectivity index (χ0n) is 69.8. The molecule has 0 unspecified atom stereocenters. The van der Waals surface area contributed by atoms with Crippen molar-refractivity contribution in [3.63, 3.8) is 0 Å². The van der Waals surface area contributed by atoms with Gasteiger partial charge in [-0.05, 0) is 222 Å². The maximum absolute atomic E-state index is 6.31. The maximum Gasteiger partial charge on any atom is 0.135 e. The van der Waals surface area contributed by atoms with Gasteiger partial charge in [0.05, 0.1) is 56.3 Å². The van der Waals surface area contributed by atoms with E-state index >= 15 is 0 Å². The summed E-state index contributed by atoms with van der Waals surface area (Å²) in [6.45, 7) is 0. The molecule has 0 radical (unpaired) electrons. The third-order valence-electron chi connectivity index (χ3n) is 26.9. The highest BCUT2D eigenvalue weighted by Crippen LogP contribution is 2.68. The standard InChI is InChI=1S/C61H40N2O.C61H40N2S/c2*1-3-18-41(19-4-1)42-34-37-45(38-35-42)62(54-29-13-8-22-46(54)43-36-39-59-49(40-43)47-23-9-16-33-58(47)64-59)57-32-17-28-53-60(57)48-24-7-10-25-50(48)61(53)51-26-11-14-30-55(51)63(44-20-5-2-6-21-44)56-31-15-12-27-52(56)61/h2*1-40H. The Balaban J connectivity index is 0.000000139. The first kappa shape index (κ1) is 74.3. The molecule has 0 saturated carbocycles. The fraction of sp³-hybridized carbons (Fsp3) is 0.0164. The van der Waals surface area contributed by atoms with Crippen molar-refractivity contribution in [3.8, 4) is 66.8 Å². The maximum atomic E-state index is 6.31. The zero-order valence-corrected chi connectivity index (χ0v) is 70.6. The summed E-state index contributed by atoms with van der Waals surface area (Å²) in [6.07, 6.45) is 0. The third kappa shape index (κ3) is 11.5. The second-order valence-electron chi connectivity index (χ2n) is 33.6. The van der Waals surface area contributed by atoms with Crippen LogP contribution in [0.5, 0.6) is 0 Å². The summed E-state index contributed by atoms with van der Waals surface area (Å²) in [5, 5.41) is 4.82. The largest absolute Gasteiger partial charge is 0.456 e. The molecule has 4 heterocycles. The molecule has 0 fully saturated rings. The first-order valence-electron chi connectivity index (χ1n) is 44.0. The number of hydrogen-bond acceptors (Lipinski definition) is 6. The molecule has 0 atom stereocenters. The van der Waals surface area contributed by atoms with Gasteiger partial charge in [0.1, 0.15) is 11.2 Å². The zero-order chi connectivity index (χ0) is 84.4. The van der Waals surface area contributed by atoms with E-state index in [-0.39, 0.29) is 0 Å². The highest BCUT2D eigenvalue weighted by Gasteiger charge is 2.55. The molecule has 5 nitrogen and oxygen atoms in total. The predicted molar refractivity (Wildman–Crippen MR) is 535 cm³/mol. The van der Waals surface area contributed by atoms with Crippen LogP contribution in [0.1, 0.15) is 44.5 Å². The monoisotopic (exact) mass is 1650 g/mol. The lowest BCUT2D eigenvalue weighted by Gasteiger charge is -2.45. The smallest absolute Gasteiger partial charge is 0.135 e. The first-order valence-corrected chi connectivity index (χ1v) is 44.8. The van der Waals surface area contributed by atoms with Crippen LogP contribution >= 0.6 is 11.3 Å². The van der Waals surface area contributed by atoms with Crippen molar-refractivity contribution in [2.24, 2.45) is 0 Å². The average molecular weight is 1650 g/mol. The average Bonchev–Trinajstić information content (AvgIpc) is 1.50. The number of anilines is 12. The summed E-state index contributed by atoms with van der Waals surface area (Å²) in [5.74, 6) is 0. The summed E-state index contributed by atoms with van der Waals surface area (Å²) in [7, 11) is 0. The van der Waals surface area contributed by atoms with E-state index < -0.39 is 10.8 Å². The normalized spacial score (nSPS) is 13.1. The number of fused-ring (bicyclic) bond motifs is 24. The first-order chi connectivity index (χ1) is 63.5. The fourth-order valence-corrected chi connectivity index (χ4v) is 22.7. The van der Waals surface area contributed by atoms with Crippen molar-refractivity contribution in [1.29, 1.82) is 0 Å². The lowest BCUT2D eigenvalue weighted by atomic mass is 9.64. The van der Waals surface area contributed by atoms with E-state index in [1.807, 2.05) is 23.5 Å². The van der Waals surface area contributed by atoms with Crippen LogP contribution in [0.15, 0.2) is 490 Å². The Labute approximate surface area is 747 Å². The molecule has 0 bridgehead atoms. The molecule has 22 aromatic rings. The van der Waals surface area contributed by atoms with E-state index in [2.05, 4.69) is 493 Å². The highest BCUT2D eigenvalue weighted by atomic mass is 32.1. The molecule has 2 aliphatic heterocycles. The van der Waals surface area contributed by atoms with Crippen LogP contribution in [-0.4, -0.2) is 0 Å². The Morgan fingerprint density at radius 1 is 0.203 bits per heavy atom. The van der Waals surface area contributed by atoms with Crippen molar-refractivity contribution < 1.29 is 4.42 Å². The minimum absolute atomic E-state index is 0.576. The number of nitrogens with zero attached hydrogens (tertiary/aromatic N) is 4. The molecule has 4 aliphatic rings. The van der Waals surface area contributed by atoms with Crippen LogP contribution < -0.4 is 19.6 Å². The Kier molecular flexibility index (Phi) is 17.6. The van der Waals surface area contributed by atoms with Gasteiger partial charge in [-0.3, -0.25) is 0 Å². The molecule has 0 amide bonds. The molecule has 6 heteroatoms. The van der Waals surface area contributed by atoms with E-state index in [0.29, 0.717) is 0 Å². The Morgan fingerprint density at radius 3 is 0.992 bits per heavy atom. The van der Waals surface area contributed by atoms with Crippen molar-refractivity contribution in [3.05, 3.63) is 530 Å². The van der Waals surface area contributed by atoms with Gasteiger partial charge < -0.3 is 24.0 Å². The molecule has 0 N–H and O–H groups in total. The number of benzene rings is 20. The number of hydrogen-bond donors (Lipinski definition) is 0. The quantitative estimate of drug-likeness (QED) is 0.121. The predicted octanol–water partition coefficient (Wildman–Crippen LogP) is 33.5. The fourth-order valence-electron chi connectivity index (χ4n) is 21.6. The number of thiophene rings is 1. The second-order valence-corrected chi connectivity index (χ2v) is 34.6. The molecule has 20 aromatic carbocycles. The van der Waals surface area contributed by atoms with Crippen molar-refractivity contribution in [2.75, 3.05) is 19.6 Å². The van der Waals surface area contributed by atoms with Crippen LogP contribution in [0, 0.1) is 0 Å². The van der Waals surface area contributed by atoms with Crippen molar-refractivity contribution in [2.45, 2.75) is 10.8 Å². The molecule has 2 spiro atoms. The molecular formula is C122H80N4OS. The van der Waals surface area contributed by atoms with Gasteiger partial charge in [-0.25, -0.2) is 0 Å². The summed E-state index contributed by atoms with van der Waals surface area (Å²) in [4.78, 5) is 9.90. The Hall–Kier alpha value is -16.4. The molecular weight excluding hydrogens is 1570 g/mol. The summed E-state index contributed by atoms with van der Waals surface area (Å²) < 4.78 is 8.93. The molecule has 600 valence electrons. The van der Waals surface area contributed by atoms with Crippen molar-refractivity contribution in [1.82, 2.24) is 0 Å². The van der Waals surface area contributed by atoms with Crippen molar-refractivity contribution >= 4 is 122 Å². The van der Waals surface area contributed by atoms with E-state index in [0.717, 1.165) is 78.6 Å². The summed E-state index contributed by atoms with van der Waals surface area (Å²) in [5.41, 5.74) is 38.9. The second kappa shape index (κ2) is 30.3. The van der Waals surface area contributed by atoms with Crippen LogP contribution in [0.2, 0.25) is 0 Å². The Morgan fingerprint density at radius 2 is 0.523 bits per heavy atom. The lowest BCUT2D eigenvalue weighted by molar-refractivity contribution is 0.669. The Bertz CT molecular complexity index is 7530. The van der Waals surface area contributed by atoms with Gasteiger partial charge >= 0.3 is 0 Å². The van der Waals surface area contributed by atoms with Crippen LogP contribution in [0.4, 0.5) is 68.2 Å². The summed E-state index contributed by atoms with van der Waals surface area (Å²) >= 11 is 1.86. The van der Waals surface area contributed by atoms with Crippen LogP contribution in [0.25, 0.3) is 109 Å². The minimum atomic E-state index is -0.587. The SMILES string of the molecule is c1ccc(-c2ccc(N(c3ccccc3-c3ccc4oc5ccccc5c4c3)c3cccc4c3-c3ccccc3C43c4ccccc4N(c4ccccc4)c4ccccc43)cc2)cc1.c1ccc(-c2ccc(N(c3ccccc3-c3ccc4sc5ccccc5c4c3)c3cccc4c3-c3ccccc3C43c4ccccc4N(c4ccccc4)c4ccccc43)cc2)cc1. The number of rotatable bonds is 12. The van der Waals surface area contributed by atoms with E-state index in [1.165, 1.54) is 143 Å². The van der Waals surface area contributed by atoms with Gasteiger partial charge in [-0.2, -0.15) is 0 Å². The summed E-state index contributed by atoms with van der Waals surface area (Å²) in [6, 6.07) is 178. The van der Waals surface area contributed by atoms with Gasteiger partial charge in [-0.1, -0.05) is 352 Å². The van der Waals surface area contributed by atoms with Gasteiger partial charge in [0.2, 0.25) is 0 Å². The van der Waals surface area contributed by atoms with Crippen LogP contribution in [0.3, 0.4) is 0 Å². The van der Waals surface area contributed by atoms with E-state index in [1.54, 1.807) is 0 Å². The highest BCUT2D eigenvalue weighted by molar-refractivity contribution is 7.25. The molecule has 2 aromatic heterocycles. The molecule has 26 rings (SSSR count). The van der Waals surface area contributed by atoms with E-state index in [4.69, 9.17) is 4.42 Å². The molecule has 2 aliphatic carbocycles. The lowest BCUT2D eigenvalue weighted by Crippen LogP contribution is -2.36. The minimum Gasteiger partial charge on any atom is -0.456 e. The number of furan rings is 1. The van der Waals surface area contributed by atoms with Gasteiger partial charge in [-0.15, -0.1) is 11.3 Å². The van der Waals surface area contributed by atoms with E-state index in [9.17, 15) is 0 Å². The third-order valence-corrected chi connectivity index (χ3v) is 28.1. The van der Waals surface area contributed by atoms with Gasteiger partial charge in [0, 0.05) is 75.9 Å². The van der Waals surface area contributed by atoms with Gasteiger partial charge in [0.15, 0.2) is 0 Å². The van der Waals surface area contributed by atoms with Gasteiger partial charge in [0.25, 0.3) is 0 Å².